The van der Waals surface area contributed by atoms with E-state index in [1.807, 2.05) is 0 Å². The van der Waals surface area contributed by atoms with Crippen LogP contribution in [0.25, 0.3) is 0 Å². The largest absolute Gasteiger partial charge is 0.459 e. The van der Waals surface area contributed by atoms with Crippen LogP contribution in [0.5, 0.6) is 11.5 Å². The Morgan fingerprint density at radius 3 is 2.36 bits per heavy atom. The van der Waals surface area contributed by atoms with Gasteiger partial charge in [0, 0.05) is 0 Å². The van der Waals surface area contributed by atoms with Gasteiger partial charge in [0.15, 0.2) is 12.4 Å². The number of benzene rings is 1. The molecule has 1 aromatic rings. The van der Waals surface area contributed by atoms with Gasteiger partial charge in [0.2, 0.25) is 0 Å². The Kier molecular flexibility index (Phi) is 9.09. The van der Waals surface area contributed by atoms with E-state index in [2.05, 4.69) is 11.7 Å². The third-order valence-corrected chi connectivity index (χ3v) is 4.82. The summed E-state index contributed by atoms with van der Waals surface area (Å²) >= 11 is 0. The van der Waals surface area contributed by atoms with Crippen molar-refractivity contribution in [1.29, 1.82) is 0 Å². The van der Waals surface area contributed by atoms with Crippen LogP contribution in [0, 0.1) is 5.92 Å². The minimum atomic E-state index is -3.46. The zero-order valence-electron chi connectivity index (χ0n) is 16.1. The summed E-state index contributed by atoms with van der Waals surface area (Å²) in [5.41, 5.74) is 0. The van der Waals surface area contributed by atoms with Crippen molar-refractivity contribution in [3.63, 3.8) is 0 Å². The van der Waals surface area contributed by atoms with Crippen LogP contribution in [0.15, 0.2) is 36.6 Å². The molecule has 0 spiro atoms. The summed E-state index contributed by atoms with van der Waals surface area (Å²) in [4.78, 5) is 0. The van der Waals surface area contributed by atoms with E-state index in [1.54, 1.807) is 0 Å². The Labute approximate surface area is 163 Å². The number of unbranched alkanes of at least 4 members (excludes halogenated alkanes) is 4. The van der Waals surface area contributed by atoms with Gasteiger partial charge in [-0.15, -0.1) is 0 Å². The lowest BCUT2D eigenvalue weighted by atomic mass is 9.92. The van der Waals surface area contributed by atoms with Gasteiger partial charge < -0.3 is 14.2 Å². The molecule has 2 unspecified atom stereocenters. The van der Waals surface area contributed by atoms with Crippen molar-refractivity contribution in [2.24, 2.45) is 5.92 Å². The monoisotopic (exact) mass is 404 g/mol. The third-order valence-electron chi connectivity index (χ3n) is 4.82. The van der Waals surface area contributed by atoms with Gasteiger partial charge in [-0.05, 0) is 49.4 Å². The standard InChI is InChI=1S/C21H28F4O3/c1-2-3-4-5-6-7-16-8-13-19(27-14-16)21(24,25)28-18-11-9-17(10-12-18)26-15-20(22)23/h9-12,15-16,19H,2-8,13-14H2,1H3. The fourth-order valence-corrected chi connectivity index (χ4v) is 3.26. The summed E-state index contributed by atoms with van der Waals surface area (Å²) in [6.07, 6.45) is 1.46. The van der Waals surface area contributed by atoms with Gasteiger partial charge in [0.05, 0.1) is 6.61 Å². The third kappa shape index (κ3) is 7.70. The van der Waals surface area contributed by atoms with E-state index in [1.165, 1.54) is 49.9 Å². The summed E-state index contributed by atoms with van der Waals surface area (Å²) in [6.45, 7) is 2.50. The van der Waals surface area contributed by atoms with Crippen molar-refractivity contribution in [2.45, 2.75) is 70.5 Å². The summed E-state index contributed by atoms with van der Waals surface area (Å²) in [6, 6.07) is 5.05. The van der Waals surface area contributed by atoms with Crippen molar-refractivity contribution in [1.82, 2.24) is 0 Å². The molecule has 0 saturated carbocycles. The second kappa shape index (κ2) is 11.3. The number of hydrogen-bond acceptors (Lipinski definition) is 3. The van der Waals surface area contributed by atoms with Gasteiger partial charge in [-0.1, -0.05) is 39.0 Å². The zero-order valence-corrected chi connectivity index (χ0v) is 16.1. The Hall–Kier alpha value is -1.76. The van der Waals surface area contributed by atoms with Crippen LogP contribution in [0.4, 0.5) is 17.6 Å². The molecule has 1 heterocycles. The minimum Gasteiger partial charge on any atom is -0.459 e. The van der Waals surface area contributed by atoms with E-state index in [-0.39, 0.29) is 24.2 Å². The smallest absolute Gasteiger partial charge is 0.424 e. The molecule has 7 heteroatoms. The van der Waals surface area contributed by atoms with Crippen molar-refractivity contribution in [3.8, 4) is 11.5 Å². The van der Waals surface area contributed by atoms with Crippen LogP contribution >= 0.6 is 0 Å². The van der Waals surface area contributed by atoms with E-state index in [0.717, 1.165) is 12.8 Å². The fraction of sp³-hybridized carbons (Fsp3) is 0.619. The first-order chi connectivity index (χ1) is 13.4. The van der Waals surface area contributed by atoms with Crippen LogP contribution in [-0.2, 0) is 4.74 Å². The highest BCUT2D eigenvalue weighted by atomic mass is 19.3. The molecule has 1 aliphatic rings. The summed E-state index contributed by atoms with van der Waals surface area (Å²) < 4.78 is 67.6. The second-order valence-electron chi connectivity index (χ2n) is 7.13. The quantitative estimate of drug-likeness (QED) is 0.227. The van der Waals surface area contributed by atoms with Crippen molar-refractivity contribution < 1.29 is 31.8 Å². The van der Waals surface area contributed by atoms with Crippen molar-refractivity contribution in [3.05, 3.63) is 36.6 Å². The topological polar surface area (TPSA) is 27.7 Å². The SMILES string of the molecule is CCCCCCCC1CCC(C(F)(F)Oc2ccc(OC=C(F)F)cc2)OC1. The number of rotatable bonds is 11. The predicted molar refractivity (Wildman–Crippen MR) is 98.8 cm³/mol. The molecule has 0 aliphatic carbocycles. The maximum atomic E-state index is 14.4. The summed E-state index contributed by atoms with van der Waals surface area (Å²) in [5.74, 6) is 0.344. The first-order valence-corrected chi connectivity index (χ1v) is 9.87. The van der Waals surface area contributed by atoms with Gasteiger partial charge in [-0.2, -0.15) is 17.6 Å². The van der Waals surface area contributed by atoms with E-state index >= 15 is 0 Å². The van der Waals surface area contributed by atoms with E-state index in [9.17, 15) is 17.6 Å². The normalized spacial score (nSPS) is 19.9. The zero-order chi connectivity index (χ0) is 20.4. The number of ether oxygens (including phenoxy) is 3. The van der Waals surface area contributed by atoms with E-state index in [4.69, 9.17) is 9.47 Å². The first-order valence-electron chi connectivity index (χ1n) is 9.87. The molecule has 0 bridgehead atoms. The molecule has 1 saturated heterocycles. The van der Waals surface area contributed by atoms with E-state index < -0.39 is 18.3 Å². The second-order valence-corrected chi connectivity index (χ2v) is 7.13. The maximum absolute atomic E-state index is 14.4. The molecule has 28 heavy (non-hydrogen) atoms. The summed E-state index contributed by atoms with van der Waals surface area (Å²) in [5, 5.41) is 0. The van der Waals surface area contributed by atoms with Gasteiger partial charge in [0.25, 0.3) is 0 Å². The summed E-state index contributed by atoms with van der Waals surface area (Å²) in [7, 11) is 0. The molecule has 1 fully saturated rings. The fourth-order valence-electron chi connectivity index (χ4n) is 3.26. The van der Waals surface area contributed by atoms with Crippen LogP contribution in [0.3, 0.4) is 0 Å². The Bertz CT molecular complexity index is 592. The molecule has 0 aromatic heterocycles. The lowest BCUT2D eigenvalue weighted by molar-refractivity contribution is -0.265. The highest BCUT2D eigenvalue weighted by molar-refractivity contribution is 5.32. The molecular weight excluding hydrogens is 376 g/mol. The van der Waals surface area contributed by atoms with Crippen LogP contribution in [-0.4, -0.2) is 18.8 Å². The lowest BCUT2D eigenvalue weighted by Gasteiger charge is -2.33. The van der Waals surface area contributed by atoms with Crippen LogP contribution in [0.2, 0.25) is 0 Å². The highest BCUT2D eigenvalue weighted by Crippen LogP contribution is 2.34. The molecule has 3 nitrogen and oxygen atoms in total. The van der Waals surface area contributed by atoms with Gasteiger partial charge in [-0.25, -0.2) is 0 Å². The first kappa shape index (κ1) is 22.5. The molecule has 1 aliphatic heterocycles. The maximum Gasteiger partial charge on any atom is 0.424 e. The van der Waals surface area contributed by atoms with Gasteiger partial charge in [0.1, 0.15) is 11.5 Å². The Morgan fingerprint density at radius 1 is 1.07 bits per heavy atom. The molecule has 0 N–H and O–H groups in total. The number of halogens is 4. The molecule has 0 radical (unpaired) electrons. The lowest BCUT2D eigenvalue weighted by Crippen LogP contribution is -2.44. The van der Waals surface area contributed by atoms with Gasteiger partial charge >= 0.3 is 12.2 Å². The minimum absolute atomic E-state index is 0.0799. The molecule has 1 aromatic carbocycles. The highest BCUT2D eigenvalue weighted by Gasteiger charge is 2.45. The Morgan fingerprint density at radius 2 is 1.75 bits per heavy atom. The molecule has 0 amide bonds. The van der Waals surface area contributed by atoms with Crippen LogP contribution < -0.4 is 9.47 Å². The molecule has 158 valence electrons. The average molecular weight is 404 g/mol. The molecule has 2 rings (SSSR count). The Balaban J connectivity index is 1.76. The van der Waals surface area contributed by atoms with Gasteiger partial charge in [-0.3, -0.25) is 0 Å². The average Bonchev–Trinajstić information content (AvgIpc) is 2.67. The molecule has 2 atom stereocenters. The number of alkyl halides is 2. The van der Waals surface area contributed by atoms with Crippen LogP contribution in [0.1, 0.15) is 58.3 Å². The van der Waals surface area contributed by atoms with Crippen molar-refractivity contribution >= 4 is 0 Å². The van der Waals surface area contributed by atoms with Crippen molar-refractivity contribution in [2.75, 3.05) is 6.61 Å². The van der Waals surface area contributed by atoms with E-state index in [0.29, 0.717) is 18.9 Å². The predicted octanol–water partition coefficient (Wildman–Crippen LogP) is 6.93. The number of hydrogen-bond donors (Lipinski definition) is 0. The molecular formula is C21H28F4O3.